The Morgan fingerprint density at radius 3 is 2.33 bits per heavy atom. The molecule has 86 valence electrons. The Kier molecular flexibility index (Phi) is 2.93. The fourth-order valence-electron chi connectivity index (χ4n) is 1.20. The molecule has 0 unspecified atom stereocenters. The maximum absolute atomic E-state index is 11.0. The number of aryl methyl sites for hydroxylation is 1. The summed E-state index contributed by atoms with van der Waals surface area (Å²) >= 11 is 0. The highest BCUT2D eigenvalue weighted by atomic mass is 32.2. The minimum atomic E-state index is -3.49. The Morgan fingerprint density at radius 2 is 2.00 bits per heavy atom. The molecule has 0 aliphatic rings. The molecule has 1 heterocycles. The topological polar surface area (TPSA) is 78.0 Å². The van der Waals surface area contributed by atoms with E-state index in [4.69, 9.17) is 5.14 Å². The molecule has 1 aromatic heterocycles. The second-order valence-corrected chi connectivity index (χ2v) is 6.28. The van der Waals surface area contributed by atoms with Crippen molar-refractivity contribution in [3.05, 3.63) is 17.5 Å². The lowest BCUT2D eigenvalue weighted by Crippen LogP contribution is -2.22. The van der Waals surface area contributed by atoms with Gasteiger partial charge in [0.1, 0.15) is 0 Å². The van der Waals surface area contributed by atoms with E-state index in [2.05, 4.69) is 5.10 Å². The fraction of sp³-hybridized carbons (Fsp3) is 0.667. The number of rotatable bonds is 2. The molecule has 0 aliphatic carbocycles. The number of nitrogens with zero attached hydrogens (tertiary/aromatic N) is 2. The van der Waals surface area contributed by atoms with Gasteiger partial charge in [0.15, 0.2) is 0 Å². The van der Waals surface area contributed by atoms with Crippen LogP contribution in [0, 0.1) is 6.92 Å². The maximum atomic E-state index is 11.0. The van der Waals surface area contributed by atoms with Gasteiger partial charge in [-0.25, -0.2) is 13.6 Å². The highest BCUT2D eigenvalue weighted by molar-refractivity contribution is 7.88. The van der Waals surface area contributed by atoms with E-state index in [0.717, 1.165) is 0 Å². The number of primary sulfonamides is 1. The van der Waals surface area contributed by atoms with Crippen LogP contribution in [0.3, 0.4) is 0 Å². The van der Waals surface area contributed by atoms with Crippen molar-refractivity contribution in [1.82, 2.24) is 9.78 Å². The predicted octanol–water partition coefficient (Wildman–Crippen LogP) is 0.735. The van der Waals surface area contributed by atoms with Crippen LogP contribution < -0.4 is 5.14 Å². The smallest absolute Gasteiger partial charge is 0.213 e. The standard InChI is InChI=1S/C9H17N3O2S/c1-7-8(6-15(10,13)14)5-12(11-7)9(2,3)4/h5H,6H2,1-4H3,(H2,10,13,14). The Bertz CT molecular complexity index is 454. The van der Waals surface area contributed by atoms with Crippen molar-refractivity contribution < 1.29 is 8.42 Å². The van der Waals surface area contributed by atoms with E-state index in [-0.39, 0.29) is 11.3 Å². The molecule has 0 fully saturated rings. The normalized spacial score (nSPS) is 13.1. The van der Waals surface area contributed by atoms with Gasteiger partial charge in [0.05, 0.1) is 17.0 Å². The van der Waals surface area contributed by atoms with Gasteiger partial charge in [-0.1, -0.05) is 0 Å². The van der Waals surface area contributed by atoms with Crippen LogP contribution >= 0.6 is 0 Å². The molecule has 0 bridgehead atoms. The summed E-state index contributed by atoms with van der Waals surface area (Å²) in [5.74, 6) is -0.158. The van der Waals surface area contributed by atoms with E-state index < -0.39 is 10.0 Å². The third-order valence-electron chi connectivity index (χ3n) is 2.04. The van der Waals surface area contributed by atoms with Gasteiger partial charge in [-0.05, 0) is 27.7 Å². The molecule has 0 spiro atoms. The molecule has 5 nitrogen and oxygen atoms in total. The predicted molar refractivity (Wildman–Crippen MR) is 58.8 cm³/mol. The fourth-order valence-corrected chi connectivity index (χ4v) is 1.91. The first-order valence-electron chi connectivity index (χ1n) is 4.66. The van der Waals surface area contributed by atoms with Gasteiger partial charge in [-0.3, -0.25) is 4.68 Å². The largest absolute Gasteiger partial charge is 0.267 e. The van der Waals surface area contributed by atoms with Gasteiger partial charge in [0.2, 0.25) is 10.0 Å². The van der Waals surface area contributed by atoms with Crippen molar-refractivity contribution in [2.75, 3.05) is 0 Å². The molecule has 2 N–H and O–H groups in total. The number of hydrogen-bond acceptors (Lipinski definition) is 3. The quantitative estimate of drug-likeness (QED) is 0.815. The lowest BCUT2D eigenvalue weighted by atomic mass is 10.1. The molecule has 6 heteroatoms. The molecule has 1 aromatic rings. The summed E-state index contributed by atoms with van der Waals surface area (Å²) in [4.78, 5) is 0. The summed E-state index contributed by atoms with van der Waals surface area (Å²) < 4.78 is 23.7. The summed E-state index contributed by atoms with van der Waals surface area (Å²) in [7, 11) is -3.49. The van der Waals surface area contributed by atoms with E-state index in [1.807, 2.05) is 20.8 Å². The third-order valence-corrected chi connectivity index (χ3v) is 2.76. The lowest BCUT2D eigenvalue weighted by Gasteiger charge is -2.18. The van der Waals surface area contributed by atoms with E-state index in [0.29, 0.717) is 11.3 Å². The van der Waals surface area contributed by atoms with Crippen LogP contribution in [0.25, 0.3) is 0 Å². The van der Waals surface area contributed by atoms with Gasteiger partial charge < -0.3 is 0 Å². The summed E-state index contributed by atoms with van der Waals surface area (Å²) in [6.45, 7) is 7.78. The van der Waals surface area contributed by atoms with Crippen LogP contribution in [-0.4, -0.2) is 18.2 Å². The summed E-state index contributed by atoms with van der Waals surface area (Å²) in [5.41, 5.74) is 1.22. The van der Waals surface area contributed by atoms with Gasteiger partial charge in [-0.2, -0.15) is 5.10 Å². The Labute approximate surface area is 90.3 Å². The first-order chi connectivity index (χ1) is 6.59. The molecule has 0 amide bonds. The average Bonchev–Trinajstić information content (AvgIpc) is 2.27. The van der Waals surface area contributed by atoms with Crippen LogP contribution in [0.2, 0.25) is 0 Å². The van der Waals surface area contributed by atoms with Crippen molar-refractivity contribution in [3.63, 3.8) is 0 Å². The molecule has 0 aliphatic heterocycles. The maximum Gasteiger partial charge on any atom is 0.213 e. The van der Waals surface area contributed by atoms with Gasteiger partial charge in [-0.15, -0.1) is 0 Å². The molecule has 0 radical (unpaired) electrons. The molecule has 1 rings (SSSR count). The van der Waals surface area contributed by atoms with E-state index in [9.17, 15) is 8.42 Å². The van der Waals surface area contributed by atoms with Crippen molar-refractivity contribution in [3.8, 4) is 0 Å². The summed E-state index contributed by atoms with van der Waals surface area (Å²) in [6.07, 6.45) is 1.74. The van der Waals surface area contributed by atoms with Crippen LogP contribution in [-0.2, 0) is 21.3 Å². The number of nitrogens with two attached hydrogens (primary N) is 1. The van der Waals surface area contributed by atoms with Crippen molar-refractivity contribution in [1.29, 1.82) is 0 Å². The van der Waals surface area contributed by atoms with Crippen molar-refractivity contribution >= 4 is 10.0 Å². The average molecular weight is 231 g/mol. The molecular formula is C9H17N3O2S. The molecular weight excluding hydrogens is 214 g/mol. The zero-order chi connectivity index (χ0) is 11.9. The number of sulfonamides is 1. The number of aromatic nitrogens is 2. The zero-order valence-corrected chi connectivity index (χ0v) is 10.3. The summed E-state index contributed by atoms with van der Waals surface area (Å²) in [5, 5.41) is 9.25. The van der Waals surface area contributed by atoms with Crippen LogP contribution in [0.4, 0.5) is 0 Å². The van der Waals surface area contributed by atoms with Crippen LogP contribution in [0.15, 0.2) is 6.20 Å². The molecule has 15 heavy (non-hydrogen) atoms. The summed E-state index contributed by atoms with van der Waals surface area (Å²) in [6, 6.07) is 0. The third kappa shape index (κ3) is 3.32. The Morgan fingerprint density at radius 1 is 1.47 bits per heavy atom. The van der Waals surface area contributed by atoms with Crippen molar-refractivity contribution in [2.45, 2.75) is 39.0 Å². The van der Waals surface area contributed by atoms with Gasteiger partial charge >= 0.3 is 0 Å². The molecule has 0 saturated carbocycles. The number of hydrogen-bond donors (Lipinski definition) is 1. The Balaban J connectivity index is 3.08. The monoisotopic (exact) mass is 231 g/mol. The highest BCUT2D eigenvalue weighted by Crippen LogP contribution is 2.17. The van der Waals surface area contributed by atoms with Crippen LogP contribution in [0.5, 0.6) is 0 Å². The minimum absolute atomic E-state index is 0.151. The minimum Gasteiger partial charge on any atom is -0.267 e. The van der Waals surface area contributed by atoms with E-state index in [1.54, 1.807) is 17.8 Å². The molecule has 0 atom stereocenters. The Hall–Kier alpha value is -0.880. The first-order valence-corrected chi connectivity index (χ1v) is 6.37. The molecule has 0 aromatic carbocycles. The van der Waals surface area contributed by atoms with Gasteiger partial charge in [0, 0.05) is 11.8 Å². The first kappa shape index (κ1) is 12.2. The highest BCUT2D eigenvalue weighted by Gasteiger charge is 2.18. The molecule has 0 saturated heterocycles. The van der Waals surface area contributed by atoms with Gasteiger partial charge in [0.25, 0.3) is 0 Å². The van der Waals surface area contributed by atoms with Crippen molar-refractivity contribution in [2.24, 2.45) is 5.14 Å². The second kappa shape index (κ2) is 3.61. The van der Waals surface area contributed by atoms with E-state index in [1.165, 1.54) is 0 Å². The second-order valence-electron chi connectivity index (χ2n) is 4.66. The van der Waals surface area contributed by atoms with Crippen LogP contribution in [0.1, 0.15) is 32.0 Å². The SMILES string of the molecule is Cc1nn(C(C)(C)C)cc1CS(N)(=O)=O. The lowest BCUT2D eigenvalue weighted by molar-refractivity contribution is 0.354. The zero-order valence-electron chi connectivity index (χ0n) is 9.48. The van der Waals surface area contributed by atoms with E-state index >= 15 is 0 Å².